The van der Waals surface area contributed by atoms with E-state index in [0.29, 0.717) is 19.3 Å². The lowest BCUT2D eigenvalue weighted by atomic mass is 9.57. The summed E-state index contributed by atoms with van der Waals surface area (Å²) in [5.41, 5.74) is -1.30. The van der Waals surface area contributed by atoms with Crippen molar-refractivity contribution in [3.05, 3.63) is 0 Å². The Morgan fingerprint density at radius 3 is 1.76 bits per heavy atom. The Labute approximate surface area is 127 Å². The molecule has 2 N–H and O–H groups in total. The first-order valence-corrected chi connectivity index (χ1v) is 7.91. The first kappa shape index (κ1) is 17.8. The van der Waals surface area contributed by atoms with E-state index in [1.165, 1.54) is 0 Å². The molecule has 0 radical (unpaired) electrons. The number of carboxylic acids is 1. The van der Waals surface area contributed by atoms with E-state index in [9.17, 15) is 14.7 Å². The Kier molecular flexibility index (Phi) is 5.29. The van der Waals surface area contributed by atoms with E-state index in [2.05, 4.69) is 5.32 Å². The van der Waals surface area contributed by atoms with Crippen LogP contribution in [-0.2, 0) is 9.53 Å². The predicted molar refractivity (Wildman–Crippen MR) is 81.2 cm³/mol. The molecule has 3 rings (SSSR count). The van der Waals surface area contributed by atoms with Gasteiger partial charge in [-0.1, -0.05) is 13.8 Å². The highest BCUT2D eigenvalue weighted by molar-refractivity contribution is 5.75. The predicted octanol–water partition coefficient (Wildman–Crippen LogP) is 3.71. The molecule has 5 heteroatoms. The van der Waals surface area contributed by atoms with Crippen LogP contribution in [0.15, 0.2) is 0 Å². The molecule has 0 aromatic rings. The lowest BCUT2D eigenvalue weighted by Crippen LogP contribution is -2.58. The number of nitrogens with one attached hydrogen (secondary N) is 1. The standard InChI is InChI=1S/C14H23NO4.C2H6/c1-12(2,3)19-11(18)15-14-7-4-13(5-8-14,6-9-14)10(16)17;1-2/h4-9H2,1-3H3,(H,15,18)(H,16,17);1-2H3. The Balaban J connectivity index is 0.00000106. The summed E-state index contributed by atoms with van der Waals surface area (Å²) in [7, 11) is 0. The fourth-order valence-corrected chi connectivity index (χ4v) is 3.21. The van der Waals surface area contributed by atoms with Crippen LogP contribution in [0.5, 0.6) is 0 Å². The molecule has 21 heavy (non-hydrogen) atoms. The van der Waals surface area contributed by atoms with Gasteiger partial charge in [0.25, 0.3) is 0 Å². The van der Waals surface area contributed by atoms with Crippen LogP contribution >= 0.6 is 0 Å². The highest BCUT2D eigenvalue weighted by Crippen LogP contribution is 2.52. The third-order valence-electron chi connectivity index (χ3n) is 4.47. The highest BCUT2D eigenvalue weighted by Gasteiger charge is 2.53. The third-order valence-corrected chi connectivity index (χ3v) is 4.47. The molecule has 0 atom stereocenters. The first-order chi connectivity index (χ1) is 9.67. The van der Waals surface area contributed by atoms with Crippen molar-refractivity contribution < 1.29 is 19.4 Å². The van der Waals surface area contributed by atoms with Crippen LogP contribution in [0.2, 0.25) is 0 Å². The van der Waals surface area contributed by atoms with Crippen molar-refractivity contribution in [1.29, 1.82) is 0 Å². The zero-order valence-electron chi connectivity index (χ0n) is 13.9. The van der Waals surface area contributed by atoms with Crippen LogP contribution in [0.3, 0.4) is 0 Å². The molecule has 0 heterocycles. The van der Waals surface area contributed by atoms with E-state index < -0.39 is 23.1 Å². The molecule has 122 valence electrons. The number of ether oxygens (including phenoxy) is 1. The normalized spacial score (nSPS) is 30.9. The zero-order valence-corrected chi connectivity index (χ0v) is 13.9. The van der Waals surface area contributed by atoms with Crippen molar-refractivity contribution >= 4 is 12.1 Å². The zero-order chi connectivity index (χ0) is 16.3. The molecule has 3 saturated carbocycles. The van der Waals surface area contributed by atoms with Crippen molar-refractivity contribution in [2.45, 2.75) is 84.3 Å². The van der Waals surface area contributed by atoms with Gasteiger partial charge in [-0.25, -0.2) is 4.79 Å². The Hall–Kier alpha value is -1.26. The quantitative estimate of drug-likeness (QED) is 0.815. The molecule has 0 saturated heterocycles. The third kappa shape index (κ3) is 4.11. The van der Waals surface area contributed by atoms with Crippen molar-refractivity contribution in [3.63, 3.8) is 0 Å². The van der Waals surface area contributed by atoms with Gasteiger partial charge in [-0.05, 0) is 59.3 Å². The molecule has 3 fully saturated rings. The number of hydrogen-bond donors (Lipinski definition) is 2. The average molecular weight is 299 g/mol. The maximum Gasteiger partial charge on any atom is 0.408 e. The molecular weight excluding hydrogens is 270 g/mol. The van der Waals surface area contributed by atoms with Crippen LogP contribution < -0.4 is 5.32 Å². The molecule has 3 aliphatic carbocycles. The fraction of sp³-hybridized carbons (Fsp3) is 0.875. The van der Waals surface area contributed by atoms with Gasteiger partial charge >= 0.3 is 12.1 Å². The molecule has 0 aromatic carbocycles. The summed E-state index contributed by atoms with van der Waals surface area (Å²) < 4.78 is 5.29. The summed E-state index contributed by atoms with van der Waals surface area (Å²) in [6.45, 7) is 9.50. The van der Waals surface area contributed by atoms with Gasteiger partial charge in [0.1, 0.15) is 5.60 Å². The minimum atomic E-state index is -0.682. The molecule has 1 amide bonds. The van der Waals surface area contributed by atoms with Gasteiger partial charge in [-0.3, -0.25) is 4.79 Å². The molecule has 0 spiro atoms. The number of alkyl carbamates (subject to hydrolysis) is 1. The summed E-state index contributed by atoms with van der Waals surface area (Å²) in [5, 5.41) is 12.3. The van der Waals surface area contributed by atoms with Crippen molar-refractivity contribution in [3.8, 4) is 0 Å². The number of carbonyl (C=O) groups is 2. The minimum absolute atomic E-state index is 0.250. The summed E-state index contributed by atoms with van der Waals surface area (Å²) in [5.74, 6) is -0.682. The van der Waals surface area contributed by atoms with E-state index in [4.69, 9.17) is 4.74 Å². The number of carboxylic acid groups (broad SMARTS) is 1. The average Bonchev–Trinajstić information content (AvgIpc) is 2.40. The van der Waals surface area contributed by atoms with Crippen molar-refractivity contribution in [2.24, 2.45) is 5.41 Å². The van der Waals surface area contributed by atoms with Gasteiger partial charge in [0.05, 0.1) is 5.41 Å². The number of aliphatic carboxylic acids is 1. The van der Waals surface area contributed by atoms with Gasteiger partial charge in [-0.2, -0.15) is 0 Å². The molecule has 0 aromatic heterocycles. The molecule has 3 aliphatic rings. The summed E-state index contributed by atoms with van der Waals surface area (Å²) in [6.07, 6.45) is 3.77. The van der Waals surface area contributed by atoms with Crippen LogP contribution in [0.4, 0.5) is 4.79 Å². The molecule has 2 bridgehead atoms. The maximum atomic E-state index is 11.9. The first-order valence-electron chi connectivity index (χ1n) is 7.91. The lowest BCUT2D eigenvalue weighted by Gasteiger charge is -2.51. The number of amides is 1. The van der Waals surface area contributed by atoms with Crippen LogP contribution in [-0.4, -0.2) is 28.3 Å². The van der Waals surface area contributed by atoms with Gasteiger partial charge in [-0.15, -0.1) is 0 Å². The second-order valence-electron chi connectivity index (χ2n) is 6.99. The number of carbonyl (C=O) groups excluding carboxylic acids is 1. The van der Waals surface area contributed by atoms with Crippen molar-refractivity contribution in [1.82, 2.24) is 5.32 Å². The SMILES string of the molecule is CC.CC(C)(C)OC(=O)NC12CCC(C(=O)O)(CC1)CC2. The van der Waals surface area contributed by atoms with E-state index in [0.717, 1.165) is 19.3 Å². The minimum Gasteiger partial charge on any atom is -0.481 e. The van der Waals surface area contributed by atoms with Gasteiger partial charge in [0.15, 0.2) is 0 Å². The largest absolute Gasteiger partial charge is 0.481 e. The van der Waals surface area contributed by atoms with Crippen molar-refractivity contribution in [2.75, 3.05) is 0 Å². The maximum absolute atomic E-state index is 11.9. The van der Waals surface area contributed by atoms with Crippen LogP contribution in [0, 0.1) is 5.41 Å². The smallest absolute Gasteiger partial charge is 0.408 e. The molecule has 0 unspecified atom stereocenters. The Bertz CT molecular complexity index is 373. The monoisotopic (exact) mass is 299 g/mol. The Morgan fingerprint density at radius 1 is 1.00 bits per heavy atom. The lowest BCUT2D eigenvalue weighted by molar-refractivity contribution is -0.156. The number of fused-ring (bicyclic) bond motifs is 3. The summed E-state index contributed by atoms with van der Waals surface area (Å²) in [6, 6.07) is 0. The second kappa shape index (κ2) is 6.24. The van der Waals surface area contributed by atoms with E-state index >= 15 is 0 Å². The van der Waals surface area contributed by atoms with E-state index in [-0.39, 0.29) is 5.54 Å². The number of rotatable bonds is 2. The van der Waals surface area contributed by atoms with Gasteiger partial charge in [0, 0.05) is 5.54 Å². The second-order valence-corrected chi connectivity index (χ2v) is 6.99. The summed E-state index contributed by atoms with van der Waals surface area (Å²) >= 11 is 0. The van der Waals surface area contributed by atoms with E-state index in [1.807, 2.05) is 34.6 Å². The van der Waals surface area contributed by atoms with Crippen LogP contribution in [0.25, 0.3) is 0 Å². The van der Waals surface area contributed by atoms with Crippen LogP contribution in [0.1, 0.15) is 73.1 Å². The highest BCUT2D eigenvalue weighted by atomic mass is 16.6. The molecule has 0 aliphatic heterocycles. The molecular formula is C16H29NO4. The topological polar surface area (TPSA) is 75.6 Å². The fourth-order valence-electron chi connectivity index (χ4n) is 3.21. The van der Waals surface area contributed by atoms with Gasteiger partial charge < -0.3 is 15.2 Å². The molecule has 5 nitrogen and oxygen atoms in total. The number of hydrogen-bond acceptors (Lipinski definition) is 3. The Morgan fingerprint density at radius 2 is 1.43 bits per heavy atom. The van der Waals surface area contributed by atoms with E-state index in [1.54, 1.807) is 0 Å². The summed E-state index contributed by atoms with van der Waals surface area (Å²) in [4.78, 5) is 23.2. The van der Waals surface area contributed by atoms with Gasteiger partial charge in [0.2, 0.25) is 0 Å².